The molecule has 1 amide bonds. The Labute approximate surface area is 192 Å². The van der Waals surface area contributed by atoms with E-state index in [1.807, 2.05) is 19.1 Å². The van der Waals surface area contributed by atoms with Crippen molar-refractivity contribution in [2.24, 2.45) is 0 Å². The van der Waals surface area contributed by atoms with Crippen molar-refractivity contribution in [3.05, 3.63) is 64.5 Å². The van der Waals surface area contributed by atoms with Crippen molar-refractivity contribution in [2.45, 2.75) is 11.9 Å². The minimum atomic E-state index is -0.193. The van der Waals surface area contributed by atoms with Crippen LogP contribution in [0, 0.1) is 6.92 Å². The summed E-state index contributed by atoms with van der Waals surface area (Å²) < 4.78 is 7.02. The highest BCUT2D eigenvalue weighted by molar-refractivity contribution is 8.00. The molecule has 0 aliphatic rings. The van der Waals surface area contributed by atoms with Gasteiger partial charge in [-0.1, -0.05) is 35.0 Å². The molecule has 158 valence electrons. The number of anilines is 1. The number of fused-ring (bicyclic) bond motifs is 1. The van der Waals surface area contributed by atoms with Gasteiger partial charge in [0.15, 0.2) is 5.65 Å². The first-order valence-electron chi connectivity index (χ1n) is 9.17. The van der Waals surface area contributed by atoms with Gasteiger partial charge in [0, 0.05) is 16.1 Å². The third-order valence-electron chi connectivity index (χ3n) is 4.50. The van der Waals surface area contributed by atoms with E-state index in [1.54, 1.807) is 35.1 Å². The molecule has 0 aliphatic heterocycles. The van der Waals surface area contributed by atoms with Gasteiger partial charge in [-0.3, -0.25) is 4.79 Å². The number of amides is 1. The van der Waals surface area contributed by atoms with Crippen molar-refractivity contribution in [3.8, 4) is 11.4 Å². The zero-order valence-electron chi connectivity index (χ0n) is 16.6. The summed E-state index contributed by atoms with van der Waals surface area (Å²) in [4.78, 5) is 21.2. The van der Waals surface area contributed by atoms with E-state index in [-0.39, 0.29) is 11.7 Å². The average Bonchev–Trinajstić information content (AvgIpc) is 3.20. The molecule has 0 unspecified atom stereocenters. The molecule has 2 heterocycles. The van der Waals surface area contributed by atoms with Gasteiger partial charge < -0.3 is 10.1 Å². The molecule has 1 N–H and O–H groups in total. The number of carbonyl (C=O) groups excluding carboxylic acids is 1. The highest BCUT2D eigenvalue weighted by Gasteiger charge is 2.15. The molecule has 2 aromatic heterocycles. The number of aromatic nitrogens is 4. The molecule has 2 aromatic carbocycles. The van der Waals surface area contributed by atoms with Crippen LogP contribution in [0.4, 0.5) is 5.69 Å². The normalized spacial score (nSPS) is 11.0. The number of nitrogens with zero attached hydrogens (tertiary/aromatic N) is 4. The zero-order chi connectivity index (χ0) is 22.0. The first-order valence-corrected chi connectivity index (χ1v) is 10.9. The largest absolute Gasteiger partial charge is 0.495 e. The quantitative estimate of drug-likeness (QED) is 0.307. The molecule has 0 saturated carbocycles. The van der Waals surface area contributed by atoms with Crippen LogP contribution >= 0.6 is 35.0 Å². The Balaban J connectivity index is 1.51. The van der Waals surface area contributed by atoms with E-state index in [0.29, 0.717) is 32.2 Å². The number of rotatable bonds is 6. The second-order valence-corrected chi connectivity index (χ2v) is 8.40. The SMILES string of the molecule is COc1cc(Cl)c(C)cc1NC(=O)CSc1ncnc2c1cnn2-c1ccc(Cl)cc1. The van der Waals surface area contributed by atoms with Gasteiger partial charge in [0.1, 0.15) is 17.1 Å². The molecule has 4 aromatic rings. The second kappa shape index (κ2) is 9.13. The van der Waals surface area contributed by atoms with E-state index in [2.05, 4.69) is 20.4 Å². The third kappa shape index (κ3) is 4.61. The van der Waals surface area contributed by atoms with E-state index in [4.69, 9.17) is 27.9 Å². The summed E-state index contributed by atoms with van der Waals surface area (Å²) in [5.41, 5.74) is 2.89. The van der Waals surface area contributed by atoms with Gasteiger partial charge in [-0.25, -0.2) is 14.6 Å². The molecular weight excluding hydrogens is 457 g/mol. The van der Waals surface area contributed by atoms with Crippen molar-refractivity contribution in [2.75, 3.05) is 18.2 Å². The number of nitrogens with one attached hydrogen (secondary N) is 1. The van der Waals surface area contributed by atoms with Gasteiger partial charge in [-0.2, -0.15) is 5.10 Å². The van der Waals surface area contributed by atoms with E-state index in [0.717, 1.165) is 16.6 Å². The Morgan fingerprint density at radius 1 is 1.19 bits per heavy atom. The maximum atomic E-state index is 12.5. The molecule has 10 heteroatoms. The molecular formula is C21H17Cl2N5O2S. The number of methoxy groups -OCH3 is 1. The number of benzene rings is 2. The minimum absolute atomic E-state index is 0.156. The molecule has 31 heavy (non-hydrogen) atoms. The molecule has 0 aliphatic carbocycles. The van der Waals surface area contributed by atoms with Gasteiger partial charge in [0.05, 0.1) is 35.8 Å². The van der Waals surface area contributed by atoms with Gasteiger partial charge >= 0.3 is 0 Å². The van der Waals surface area contributed by atoms with Gasteiger partial charge in [0.25, 0.3) is 0 Å². The lowest BCUT2D eigenvalue weighted by Crippen LogP contribution is -2.15. The Hall–Kier alpha value is -2.81. The monoisotopic (exact) mass is 473 g/mol. The summed E-state index contributed by atoms with van der Waals surface area (Å²) >= 11 is 13.4. The number of hydrogen-bond acceptors (Lipinski definition) is 6. The summed E-state index contributed by atoms with van der Waals surface area (Å²) in [6, 6.07) is 10.8. The summed E-state index contributed by atoms with van der Waals surface area (Å²) in [5.74, 6) is 0.466. The molecule has 7 nitrogen and oxygen atoms in total. The zero-order valence-corrected chi connectivity index (χ0v) is 18.9. The van der Waals surface area contributed by atoms with Crippen LogP contribution in [0.1, 0.15) is 5.56 Å². The van der Waals surface area contributed by atoms with Gasteiger partial charge in [-0.05, 0) is 42.8 Å². The molecule has 0 saturated heterocycles. The fourth-order valence-corrected chi connectivity index (χ4v) is 4.00. The molecule has 0 spiro atoms. The van der Waals surface area contributed by atoms with E-state index < -0.39 is 0 Å². The van der Waals surface area contributed by atoms with E-state index >= 15 is 0 Å². The van der Waals surface area contributed by atoms with Crippen LogP contribution in [0.25, 0.3) is 16.7 Å². The molecule has 4 rings (SSSR count). The number of ether oxygens (including phenoxy) is 1. The predicted molar refractivity (Wildman–Crippen MR) is 124 cm³/mol. The highest BCUT2D eigenvalue weighted by Crippen LogP contribution is 2.31. The topological polar surface area (TPSA) is 81.9 Å². The van der Waals surface area contributed by atoms with Crippen molar-refractivity contribution in [1.29, 1.82) is 0 Å². The number of thioether (sulfide) groups is 1. The smallest absolute Gasteiger partial charge is 0.234 e. The summed E-state index contributed by atoms with van der Waals surface area (Å²) in [6.45, 7) is 1.86. The van der Waals surface area contributed by atoms with Crippen LogP contribution in [0.3, 0.4) is 0 Å². The fourth-order valence-electron chi connectivity index (χ4n) is 2.96. The van der Waals surface area contributed by atoms with Gasteiger partial charge in [-0.15, -0.1) is 0 Å². The first kappa shape index (κ1) is 21.4. The maximum Gasteiger partial charge on any atom is 0.234 e. The number of hydrogen-bond donors (Lipinski definition) is 1. The van der Waals surface area contributed by atoms with Crippen LogP contribution in [0.2, 0.25) is 10.0 Å². The van der Waals surface area contributed by atoms with Crippen molar-refractivity contribution in [1.82, 2.24) is 19.7 Å². The number of halogens is 2. The van der Waals surface area contributed by atoms with Gasteiger partial charge in [0.2, 0.25) is 5.91 Å². The average molecular weight is 474 g/mol. The molecule has 0 bridgehead atoms. The van der Waals surface area contributed by atoms with Crippen molar-refractivity contribution >= 4 is 57.6 Å². The second-order valence-electron chi connectivity index (χ2n) is 6.59. The molecule has 0 atom stereocenters. The Morgan fingerprint density at radius 3 is 2.71 bits per heavy atom. The molecule has 0 fully saturated rings. The standard InChI is InChI=1S/C21H17Cl2N5O2S/c1-12-7-17(18(30-2)8-16(12)23)27-19(29)10-31-21-15-9-26-28(20(15)24-11-25-21)14-5-3-13(22)4-6-14/h3-9,11H,10H2,1-2H3,(H,27,29). The lowest BCUT2D eigenvalue weighted by molar-refractivity contribution is -0.113. The van der Waals surface area contributed by atoms with Crippen LogP contribution < -0.4 is 10.1 Å². The highest BCUT2D eigenvalue weighted by atomic mass is 35.5. The molecule has 0 radical (unpaired) electrons. The van der Waals surface area contributed by atoms with Crippen LogP contribution in [-0.2, 0) is 4.79 Å². The third-order valence-corrected chi connectivity index (χ3v) is 6.16. The number of carbonyl (C=O) groups is 1. The van der Waals surface area contributed by atoms with Crippen molar-refractivity contribution < 1.29 is 9.53 Å². The van der Waals surface area contributed by atoms with E-state index in [1.165, 1.54) is 25.2 Å². The van der Waals surface area contributed by atoms with Crippen molar-refractivity contribution in [3.63, 3.8) is 0 Å². The summed E-state index contributed by atoms with van der Waals surface area (Å²) in [6.07, 6.45) is 3.15. The van der Waals surface area contributed by atoms with Crippen LogP contribution in [-0.4, -0.2) is 38.5 Å². The maximum absolute atomic E-state index is 12.5. The summed E-state index contributed by atoms with van der Waals surface area (Å²) in [5, 5.41) is 9.93. The fraction of sp³-hybridized carbons (Fsp3) is 0.143. The lowest BCUT2D eigenvalue weighted by Gasteiger charge is -2.12. The first-order chi connectivity index (χ1) is 15.0. The van der Waals surface area contributed by atoms with Crippen LogP contribution in [0.5, 0.6) is 5.75 Å². The Bertz CT molecular complexity index is 1260. The minimum Gasteiger partial charge on any atom is -0.495 e. The predicted octanol–water partition coefficient (Wildman–Crippen LogP) is 5.17. The van der Waals surface area contributed by atoms with Crippen LogP contribution in [0.15, 0.2) is 53.9 Å². The Morgan fingerprint density at radius 2 is 1.97 bits per heavy atom. The Kier molecular flexibility index (Phi) is 6.31. The summed E-state index contributed by atoms with van der Waals surface area (Å²) in [7, 11) is 1.53. The number of aryl methyl sites for hydroxylation is 1. The van der Waals surface area contributed by atoms with E-state index in [9.17, 15) is 4.79 Å². The lowest BCUT2D eigenvalue weighted by atomic mass is 10.2.